The summed E-state index contributed by atoms with van der Waals surface area (Å²) in [6.07, 6.45) is 11.5. The Kier molecular flexibility index (Phi) is 4.98. The molecule has 0 unspecified atom stereocenters. The van der Waals surface area contributed by atoms with Gasteiger partial charge in [0.1, 0.15) is 0 Å². The third-order valence-electron chi connectivity index (χ3n) is 8.44. The van der Waals surface area contributed by atoms with Gasteiger partial charge < -0.3 is 5.32 Å². The number of anilines is 1. The zero-order valence-corrected chi connectivity index (χ0v) is 19.0. The van der Waals surface area contributed by atoms with E-state index in [0.717, 1.165) is 23.1 Å². The van der Waals surface area contributed by atoms with Crippen molar-refractivity contribution < 1.29 is 4.79 Å². The number of benzene rings is 3. The highest BCUT2D eigenvalue weighted by Crippen LogP contribution is 2.66. The average molecular weight is 434 g/mol. The second-order valence-electron chi connectivity index (χ2n) is 10.7. The predicted molar refractivity (Wildman–Crippen MR) is 135 cm³/mol. The van der Waals surface area contributed by atoms with Gasteiger partial charge in [-0.3, -0.25) is 4.79 Å². The van der Waals surface area contributed by atoms with Crippen LogP contribution in [0.4, 0.5) is 5.69 Å². The Labute approximate surface area is 196 Å². The van der Waals surface area contributed by atoms with Gasteiger partial charge in [-0.15, -0.1) is 0 Å². The molecule has 2 atom stereocenters. The maximum Gasteiger partial charge on any atom is 0.248 e. The molecule has 0 spiro atoms. The number of hydrogen-bond donors (Lipinski definition) is 1. The molecule has 0 heterocycles. The van der Waals surface area contributed by atoms with Crippen molar-refractivity contribution in [2.24, 2.45) is 11.8 Å². The van der Waals surface area contributed by atoms with Gasteiger partial charge in [0.15, 0.2) is 0 Å². The molecule has 166 valence electrons. The summed E-state index contributed by atoms with van der Waals surface area (Å²) < 4.78 is 0. The molecule has 4 aliphatic rings. The Morgan fingerprint density at radius 3 is 1.88 bits per heavy atom. The minimum atomic E-state index is -0.0931. The van der Waals surface area contributed by atoms with E-state index in [1.54, 1.807) is 11.6 Å². The molecular weight excluding hydrogens is 402 g/mol. The van der Waals surface area contributed by atoms with Crippen LogP contribution in [0.25, 0.3) is 6.08 Å². The molecule has 7 rings (SSSR count). The highest BCUT2D eigenvalue weighted by atomic mass is 16.1. The first-order valence-electron chi connectivity index (χ1n) is 12.3. The first kappa shape index (κ1) is 20.5. The standard InChI is InChI=1S/C31H31NO/c33-29(16-11-23-7-3-1-4-8-23)32-28-14-12-27(13-15-28)31-20-24-17-25(21-31)19-30(18-24,22-31)26-9-5-2-6-10-26/h1-16,24-25H,17-22H2,(H,32,33)/b16-11+/t24-,25-,30?,31?/m0/s1. The van der Waals surface area contributed by atoms with Crippen LogP contribution in [0, 0.1) is 11.8 Å². The molecule has 0 saturated heterocycles. The van der Waals surface area contributed by atoms with E-state index in [1.165, 1.54) is 44.1 Å². The van der Waals surface area contributed by atoms with Gasteiger partial charge in [-0.05, 0) is 96.1 Å². The number of amides is 1. The van der Waals surface area contributed by atoms with Gasteiger partial charge in [0.05, 0.1) is 0 Å². The molecule has 0 radical (unpaired) electrons. The van der Waals surface area contributed by atoms with E-state index in [1.807, 2.05) is 36.4 Å². The van der Waals surface area contributed by atoms with Crippen LogP contribution in [0.2, 0.25) is 0 Å². The predicted octanol–water partition coefficient (Wildman–Crippen LogP) is 7.13. The summed E-state index contributed by atoms with van der Waals surface area (Å²) in [5.74, 6) is 1.59. The molecule has 3 aromatic carbocycles. The van der Waals surface area contributed by atoms with Crippen molar-refractivity contribution in [1.82, 2.24) is 0 Å². The van der Waals surface area contributed by atoms with Crippen LogP contribution in [-0.2, 0) is 15.6 Å². The van der Waals surface area contributed by atoms with Crippen molar-refractivity contribution in [2.75, 3.05) is 5.32 Å². The van der Waals surface area contributed by atoms with Crippen molar-refractivity contribution in [3.8, 4) is 0 Å². The number of nitrogens with one attached hydrogen (secondary N) is 1. The van der Waals surface area contributed by atoms with E-state index in [4.69, 9.17) is 0 Å². The van der Waals surface area contributed by atoms with Crippen molar-refractivity contribution in [3.05, 3.63) is 108 Å². The topological polar surface area (TPSA) is 29.1 Å². The molecule has 2 nitrogen and oxygen atoms in total. The maximum atomic E-state index is 12.4. The lowest BCUT2D eigenvalue weighted by atomic mass is 9.42. The molecule has 2 heteroatoms. The van der Waals surface area contributed by atoms with Gasteiger partial charge in [0.2, 0.25) is 5.91 Å². The Morgan fingerprint density at radius 1 is 0.727 bits per heavy atom. The number of carbonyl (C=O) groups is 1. The van der Waals surface area contributed by atoms with Gasteiger partial charge in [0, 0.05) is 11.8 Å². The summed E-state index contributed by atoms with van der Waals surface area (Å²) >= 11 is 0. The first-order valence-corrected chi connectivity index (χ1v) is 12.3. The van der Waals surface area contributed by atoms with Crippen molar-refractivity contribution in [3.63, 3.8) is 0 Å². The molecule has 0 aliphatic heterocycles. The molecule has 1 N–H and O–H groups in total. The first-order chi connectivity index (χ1) is 16.1. The Hall–Kier alpha value is -3.13. The summed E-state index contributed by atoms with van der Waals surface area (Å²) in [6, 6.07) is 30.0. The smallest absolute Gasteiger partial charge is 0.248 e. The summed E-state index contributed by atoms with van der Waals surface area (Å²) in [7, 11) is 0. The van der Waals surface area contributed by atoms with Crippen LogP contribution in [0.5, 0.6) is 0 Å². The van der Waals surface area contributed by atoms with Crippen LogP contribution >= 0.6 is 0 Å². The van der Waals surface area contributed by atoms with Crippen molar-refractivity contribution in [1.29, 1.82) is 0 Å². The number of hydrogen-bond acceptors (Lipinski definition) is 1. The molecule has 3 aromatic rings. The summed E-state index contributed by atoms with van der Waals surface area (Å²) in [4.78, 5) is 12.4. The fourth-order valence-corrected chi connectivity index (χ4v) is 7.56. The summed E-state index contributed by atoms with van der Waals surface area (Å²) in [5.41, 5.74) is 5.55. The lowest BCUT2D eigenvalue weighted by Crippen LogP contribution is -2.55. The van der Waals surface area contributed by atoms with Crippen LogP contribution in [-0.4, -0.2) is 5.91 Å². The van der Waals surface area contributed by atoms with Crippen LogP contribution in [0.15, 0.2) is 91.0 Å². The lowest BCUT2D eigenvalue weighted by molar-refractivity contribution is -0.111. The third-order valence-corrected chi connectivity index (χ3v) is 8.44. The molecule has 33 heavy (non-hydrogen) atoms. The second kappa shape index (κ2) is 8.02. The Morgan fingerprint density at radius 2 is 1.27 bits per heavy atom. The molecule has 4 bridgehead atoms. The largest absolute Gasteiger partial charge is 0.323 e. The highest BCUT2D eigenvalue weighted by Gasteiger charge is 2.58. The summed E-state index contributed by atoms with van der Waals surface area (Å²) in [5, 5.41) is 3.02. The Bertz CT molecular complexity index is 1150. The van der Waals surface area contributed by atoms with Crippen LogP contribution in [0.3, 0.4) is 0 Å². The Balaban J connectivity index is 1.21. The maximum absolute atomic E-state index is 12.4. The van der Waals surface area contributed by atoms with E-state index in [0.29, 0.717) is 5.41 Å². The van der Waals surface area contributed by atoms with Crippen molar-refractivity contribution in [2.45, 2.75) is 49.4 Å². The number of carbonyl (C=O) groups excluding carboxylic acids is 1. The molecule has 1 amide bonds. The van der Waals surface area contributed by atoms with E-state index in [2.05, 4.69) is 59.9 Å². The number of rotatable bonds is 5. The molecule has 4 aliphatic carbocycles. The fraction of sp³-hybridized carbons (Fsp3) is 0.323. The molecule has 4 fully saturated rings. The highest BCUT2D eigenvalue weighted by molar-refractivity contribution is 6.01. The van der Waals surface area contributed by atoms with Gasteiger partial charge in [-0.2, -0.15) is 0 Å². The third kappa shape index (κ3) is 3.82. The van der Waals surface area contributed by atoms with E-state index in [-0.39, 0.29) is 11.3 Å². The zero-order chi connectivity index (χ0) is 22.3. The van der Waals surface area contributed by atoms with E-state index in [9.17, 15) is 4.79 Å². The normalized spacial score (nSPS) is 29.9. The second-order valence-corrected chi connectivity index (χ2v) is 10.7. The van der Waals surface area contributed by atoms with Gasteiger partial charge >= 0.3 is 0 Å². The zero-order valence-electron chi connectivity index (χ0n) is 19.0. The minimum Gasteiger partial charge on any atom is -0.323 e. The average Bonchev–Trinajstić information content (AvgIpc) is 2.84. The molecule has 4 saturated carbocycles. The van der Waals surface area contributed by atoms with Crippen molar-refractivity contribution >= 4 is 17.7 Å². The molecular formula is C31H31NO. The fourth-order valence-electron chi connectivity index (χ4n) is 7.56. The quantitative estimate of drug-likeness (QED) is 0.426. The van der Waals surface area contributed by atoms with E-state index < -0.39 is 0 Å². The minimum absolute atomic E-state index is 0.0931. The van der Waals surface area contributed by atoms with Crippen LogP contribution < -0.4 is 5.32 Å². The van der Waals surface area contributed by atoms with Gasteiger partial charge in [0.25, 0.3) is 0 Å². The van der Waals surface area contributed by atoms with Crippen LogP contribution in [0.1, 0.15) is 55.2 Å². The SMILES string of the molecule is O=C(/C=C/c1ccccc1)Nc1ccc(C23C[C@H]4C[C@@H](CC(c5ccccc5)(C4)C2)C3)cc1. The summed E-state index contributed by atoms with van der Waals surface area (Å²) in [6.45, 7) is 0. The van der Waals surface area contributed by atoms with Gasteiger partial charge in [-0.1, -0.05) is 72.8 Å². The van der Waals surface area contributed by atoms with E-state index >= 15 is 0 Å². The molecule has 0 aromatic heterocycles. The van der Waals surface area contributed by atoms with Gasteiger partial charge in [-0.25, -0.2) is 0 Å². The lowest BCUT2D eigenvalue weighted by Gasteiger charge is -2.62. The monoisotopic (exact) mass is 433 g/mol.